The first kappa shape index (κ1) is 10.2. The lowest BCUT2D eigenvalue weighted by atomic mass is 10.2. The molecule has 0 atom stereocenters. The summed E-state index contributed by atoms with van der Waals surface area (Å²) in [7, 11) is 0. The SMILES string of the molecule is CCc1cc2ncccc2n(CCl)c1=O. The summed E-state index contributed by atoms with van der Waals surface area (Å²) in [5.74, 6) is 0. The van der Waals surface area contributed by atoms with Crippen LogP contribution < -0.4 is 5.56 Å². The Hall–Kier alpha value is -1.35. The number of fused-ring (bicyclic) bond motifs is 1. The van der Waals surface area contributed by atoms with Gasteiger partial charge >= 0.3 is 0 Å². The molecule has 0 radical (unpaired) electrons. The second-order valence-electron chi connectivity index (χ2n) is 3.28. The van der Waals surface area contributed by atoms with Gasteiger partial charge in [-0.05, 0) is 24.6 Å². The number of aryl methyl sites for hydroxylation is 1. The molecule has 0 aliphatic heterocycles. The molecule has 15 heavy (non-hydrogen) atoms. The van der Waals surface area contributed by atoms with E-state index in [9.17, 15) is 4.79 Å². The molecule has 0 aliphatic carbocycles. The minimum Gasteiger partial charge on any atom is -0.292 e. The van der Waals surface area contributed by atoms with Crippen molar-refractivity contribution in [2.75, 3.05) is 0 Å². The highest BCUT2D eigenvalue weighted by molar-refractivity contribution is 6.15. The number of hydrogen-bond acceptors (Lipinski definition) is 2. The summed E-state index contributed by atoms with van der Waals surface area (Å²) < 4.78 is 1.54. The summed E-state index contributed by atoms with van der Waals surface area (Å²) in [6, 6.07) is 5.65. The van der Waals surface area contributed by atoms with Crippen molar-refractivity contribution in [3.05, 3.63) is 40.3 Å². The fourth-order valence-electron chi connectivity index (χ4n) is 1.63. The van der Waals surface area contributed by atoms with E-state index in [1.165, 1.54) is 0 Å². The van der Waals surface area contributed by atoms with Crippen LogP contribution in [0.2, 0.25) is 0 Å². The van der Waals surface area contributed by atoms with Gasteiger partial charge in [0.05, 0.1) is 11.0 Å². The van der Waals surface area contributed by atoms with E-state index in [0.29, 0.717) is 6.42 Å². The van der Waals surface area contributed by atoms with Gasteiger partial charge in [0.25, 0.3) is 5.56 Å². The van der Waals surface area contributed by atoms with Gasteiger partial charge in [-0.1, -0.05) is 6.92 Å². The average molecular weight is 223 g/mol. The number of alkyl halides is 1. The van der Waals surface area contributed by atoms with Crippen molar-refractivity contribution >= 4 is 22.6 Å². The predicted molar refractivity (Wildman–Crippen MR) is 61.2 cm³/mol. The van der Waals surface area contributed by atoms with Gasteiger partial charge in [0.2, 0.25) is 0 Å². The average Bonchev–Trinajstić information content (AvgIpc) is 2.28. The molecule has 0 saturated heterocycles. The summed E-state index contributed by atoms with van der Waals surface area (Å²) in [6.07, 6.45) is 2.41. The van der Waals surface area contributed by atoms with Crippen LogP contribution in [0.25, 0.3) is 11.0 Å². The maximum atomic E-state index is 11.9. The maximum absolute atomic E-state index is 11.9. The molecule has 0 spiro atoms. The zero-order valence-electron chi connectivity index (χ0n) is 8.40. The first-order valence-corrected chi connectivity index (χ1v) is 5.34. The van der Waals surface area contributed by atoms with E-state index >= 15 is 0 Å². The van der Waals surface area contributed by atoms with Gasteiger partial charge in [-0.15, -0.1) is 11.6 Å². The molecule has 4 heteroatoms. The van der Waals surface area contributed by atoms with Crippen LogP contribution in [0.15, 0.2) is 29.2 Å². The van der Waals surface area contributed by atoms with Gasteiger partial charge in [-0.25, -0.2) is 0 Å². The molecule has 0 amide bonds. The van der Waals surface area contributed by atoms with Crippen molar-refractivity contribution in [2.24, 2.45) is 0 Å². The Bertz CT molecular complexity index is 548. The lowest BCUT2D eigenvalue weighted by molar-refractivity contribution is 0.848. The molecule has 0 N–H and O–H groups in total. The normalized spacial score (nSPS) is 10.8. The minimum absolute atomic E-state index is 0.0204. The molecule has 2 rings (SSSR count). The van der Waals surface area contributed by atoms with E-state index in [4.69, 9.17) is 11.6 Å². The Morgan fingerprint density at radius 2 is 2.33 bits per heavy atom. The van der Waals surface area contributed by atoms with Gasteiger partial charge in [-0.3, -0.25) is 14.3 Å². The lowest BCUT2D eigenvalue weighted by Gasteiger charge is -2.08. The molecule has 0 saturated carbocycles. The first-order chi connectivity index (χ1) is 7.27. The quantitative estimate of drug-likeness (QED) is 0.730. The molecule has 0 aromatic carbocycles. The van der Waals surface area contributed by atoms with E-state index in [1.54, 1.807) is 16.8 Å². The number of halogens is 1. The number of rotatable bonds is 2. The Morgan fingerprint density at radius 1 is 1.53 bits per heavy atom. The topological polar surface area (TPSA) is 34.9 Å². The van der Waals surface area contributed by atoms with E-state index in [2.05, 4.69) is 4.98 Å². The van der Waals surface area contributed by atoms with Crippen LogP contribution in [0.1, 0.15) is 12.5 Å². The smallest absolute Gasteiger partial charge is 0.255 e. The van der Waals surface area contributed by atoms with Gasteiger partial charge in [0, 0.05) is 11.8 Å². The van der Waals surface area contributed by atoms with Crippen molar-refractivity contribution in [1.29, 1.82) is 0 Å². The molecule has 2 aromatic rings. The molecule has 2 aromatic heterocycles. The van der Waals surface area contributed by atoms with Crippen molar-refractivity contribution in [3.63, 3.8) is 0 Å². The third-order valence-corrected chi connectivity index (χ3v) is 2.68. The van der Waals surface area contributed by atoms with E-state index in [1.807, 2.05) is 19.1 Å². The van der Waals surface area contributed by atoms with Crippen molar-refractivity contribution in [1.82, 2.24) is 9.55 Å². The predicted octanol–water partition coefficient (Wildman–Crippen LogP) is 2.16. The molecule has 0 aliphatic rings. The van der Waals surface area contributed by atoms with Gasteiger partial charge < -0.3 is 0 Å². The van der Waals surface area contributed by atoms with Crippen LogP contribution in [-0.2, 0) is 12.4 Å². The Morgan fingerprint density at radius 3 is 3.00 bits per heavy atom. The highest BCUT2D eigenvalue weighted by Crippen LogP contribution is 2.11. The van der Waals surface area contributed by atoms with Crippen molar-refractivity contribution in [2.45, 2.75) is 19.3 Å². The number of nitrogens with zero attached hydrogens (tertiary/aromatic N) is 2. The highest BCUT2D eigenvalue weighted by atomic mass is 35.5. The number of pyridine rings is 2. The Kier molecular flexibility index (Phi) is 2.73. The van der Waals surface area contributed by atoms with Crippen LogP contribution in [0.3, 0.4) is 0 Å². The van der Waals surface area contributed by atoms with Crippen LogP contribution in [0.4, 0.5) is 0 Å². The highest BCUT2D eigenvalue weighted by Gasteiger charge is 2.07. The number of hydrogen-bond donors (Lipinski definition) is 0. The fraction of sp³-hybridized carbons (Fsp3) is 0.273. The molecular weight excluding hydrogens is 212 g/mol. The molecular formula is C11H11ClN2O. The molecule has 0 bridgehead atoms. The van der Waals surface area contributed by atoms with E-state index in [0.717, 1.165) is 16.6 Å². The third-order valence-electron chi connectivity index (χ3n) is 2.44. The summed E-state index contributed by atoms with van der Waals surface area (Å²) in [5.41, 5.74) is 2.33. The third kappa shape index (κ3) is 1.63. The summed E-state index contributed by atoms with van der Waals surface area (Å²) in [5, 5.41) is 0. The van der Waals surface area contributed by atoms with Crippen LogP contribution in [0, 0.1) is 0 Å². The molecule has 2 heterocycles. The second kappa shape index (κ2) is 4.03. The summed E-state index contributed by atoms with van der Waals surface area (Å²) >= 11 is 5.78. The number of aromatic nitrogens is 2. The fourth-order valence-corrected chi connectivity index (χ4v) is 1.87. The summed E-state index contributed by atoms with van der Waals surface area (Å²) in [6.45, 7) is 1.95. The zero-order chi connectivity index (χ0) is 10.8. The summed E-state index contributed by atoms with van der Waals surface area (Å²) in [4.78, 5) is 16.1. The van der Waals surface area contributed by atoms with Gasteiger partial charge in [0.1, 0.15) is 6.00 Å². The van der Waals surface area contributed by atoms with E-state index < -0.39 is 0 Å². The molecule has 3 nitrogen and oxygen atoms in total. The largest absolute Gasteiger partial charge is 0.292 e. The van der Waals surface area contributed by atoms with Gasteiger partial charge in [0.15, 0.2) is 0 Å². The van der Waals surface area contributed by atoms with Crippen molar-refractivity contribution in [3.8, 4) is 0 Å². The maximum Gasteiger partial charge on any atom is 0.255 e. The molecule has 78 valence electrons. The Balaban J connectivity index is 2.90. The Labute approximate surface area is 92.3 Å². The van der Waals surface area contributed by atoms with Gasteiger partial charge in [-0.2, -0.15) is 0 Å². The first-order valence-electron chi connectivity index (χ1n) is 4.81. The van der Waals surface area contributed by atoms with E-state index in [-0.39, 0.29) is 11.6 Å². The standard InChI is InChI=1S/C11H11ClN2O/c1-2-8-6-9-10(4-3-5-13-9)14(7-12)11(8)15/h3-6H,2,7H2,1H3. The van der Waals surface area contributed by atoms with Crippen LogP contribution >= 0.6 is 11.6 Å². The minimum atomic E-state index is -0.0204. The van der Waals surface area contributed by atoms with Crippen LogP contribution in [0.5, 0.6) is 0 Å². The molecule has 0 unspecified atom stereocenters. The second-order valence-corrected chi connectivity index (χ2v) is 3.52. The molecule has 0 fully saturated rings. The van der Waals surface area contributed by atoms with Crippen molar-refractivity contribution < 1.29 is 0 Å². The lowest BCUT2D eigenvalue weighted by Crippen LogP contribution is -2.22. The zero-order valence-corrected chi connectivity index (χ0v) is 9.16. The van der Waals surface area contributed by atoms with Crippen LogP contribution in [-0.4, -0.2) is 9.55 Å². The monoisotopic (exact) mass is 222 g/mol.